The van der Waals surface area contributed by atoms with Gasteiger partial charge in [0.1, 0.15) is 0 Å². The molecule has 0 bridgehead atoms. The first-order valence-electron chi connectivity index (χ1n) is 9.38. The molecule has 0 aliphatic heterocycles. The molecular formula is C20H26N2O4. The lowest BCUT2D eigenvalue weighted by Gasteiger charge is -2.35. The number of rotatable bonds is 7. The Morgan fingerprint density at radius 2 is 1.65 bits per heavy atom. The van der Waals surface area contributed by atoms with E-state index in [2.05, 4.69) is 10.6 Å². The van der Waals surface area contributed by atoms with Gasteiger partial charge in [0, 0.05) is 23.7 Å². The standard InChI is InChI=1S/C20H26N2O4/c23-17(12-20(13-18(24)25)9-2-1-3-10-20)21-15-5-4-6-16(11-15)22-19(26)14-7-8-14/h4-6,11,14H,1-3,7-10,12-13H2,(H,21,23)(H,22,26)(H,24,25). The number of carbonyl (C=O) groups excluding carboxylic acids is 2. The molecule has 140 valence electrons. The van der Waals surface area contributed by atoms with Crippen molar-refractivity contribution in [3.05, 3.63) is 24.3 Å². The third-order valence-electron chi connectivity index (χ3n) is 5.34. The lowest BCUT2D eigenvalue weighted by atomic mass is 9.69. The Hall–Kier alpha value is -2.37. The van der Waals surface area contributed by atoms with Crippen molar-refractivity contribution in [3.63, 3.8) is 0 Å². The third kappa shape index (κ3) is 5.07. The Bertz CT molecular complexity index is 691. The van der Waals surface area contributed by atoms with Crippen molar-refractivity contribution in [2.75, 3.05) is 10.6 Å². The Labute approximate surface area is 153 Å². The molecule has 0 unspecified atom stereocenters. The minimum atomic E-state index is -0.843. The molecule has 2 saturated carbocycles. The summed E-state index contributed by atoms with van der Waals surface area (Å²) in [4.78, 5) is 35.6. The van der Waals surface area contributed by atoms with E-state index in [0.29, 0.717) is 11.4 Å². The molecule has 0 radical (unpaired) electrons. The number of carboxylic acid groups (broad SMARTS) is 1. The van der Waals surface area contributed by atoms with Crippen LogP contribution in [0, 0.1) is 11.3 Å². The fraction of sp³-hybridized carbons (Fsp3) is 0.550. The fourth-order valence-corrected chi connectivity index (χ4v) is 3.85. The molecular weight excluding hydrogens is 332 g/mol. The maximum atomic E-state index is 12.5. The van der Waals surface area contributed by atoms with Crippen molar-refractivity contribution in [2.24, 2.45) is 11.3 Å². The fourth-order valence-electron chi connectivity index (χ4n) is 3.85. The second kappa shape index (κ2) is 7.89. The quantitative estimate of drug-likeness (QED) is 0.691. The van der Waals surface area contributed by atoms with Crippen LogP contribution in [0.25, 0.3) is 0 Å². The highest BCUT2D eigenvalue weighted by Gasteiger charge is 2.36. The number of aliphatic carboxylic acids is 1. The van der Waals surface area contributed by atoms with Crippen LogP contribution in [0.15, 0.2) is 24.3 Å². The van der Waals surface area contributed by atoms with E-state index < -0.39 is 11.4 Å². The van der Waals surface area contributed by atoms with Gasteiger partial charge in [0.05, 0.1) is 6.42 Å². The van der Waals surface area contributed by atoms with Gasteiger partial charge in [0.2, 0.25) is 11.8 Å². The zero-order valence-electron chi connectivity index (χ0n) is 14.9. The van der Waals surface area contributed by atoms with Gasteiger partial charge in [-0.1, -0.05) is 25.3 Å². The predicted octanol–water partition coefficient (Wildman–Crippen LogP) is 3.79. The van der Waals surface area contributed by atoms with Gasteiger partial charge in [0.15, 0.2) is 0 Å². The summed E-state index contributed by atoms with van der Waals surface area (Å²) in [5, 5.41) is 15.0. The number of hydrogen-bond donors (Lipinski definition) is 3. The first kappa shape index (κ1) is 18.4. The highest BCUT2D eigenvalue weighted by atomic mass is 16.4. The lowest BCUT2D eigenvalue weighted by Crippen LogP contribution is -2.32. The average Bonchev–Trinajstić information content (AvgIpc) is 3.39. The largest absolute Gasteiger partial charge is 0.481 e. The molecule has 0 heterocycles. The van der Waals surface area contributed by atoms with E-state index in [-0.39, 0.29) is 30.6 Å². The van der Waals surface area contributed by atoms with Crippen molar-refractivity contribution in [3.8, 4) is 0 Å². The van der Waals surface area contributed by atoms with E-state index in [4.69, 9.17) is 0 Å². The molecule has 0 atom stereocenters. The molecule has 0 aromatic heterocycles. The molecule has 1 aromatic rings. The van der Waals surface area contributed by atoms with Crippen LogP contribution in [0.2, 0.25) is 0 Å². The second-order valence-corrected chi connectivity index (χ2v) is 7.70. The Kier molecular flexibility index (Phi) is 5.59. The maximum Gasteiger partial charge on any atom is 0.303 e. The third-order valence-corrected chi connectivity index (χ3v) is 5.34. The number of nitrogens with one attached hydrogen (secondary N) is 2. The highest BCUT2D eigenvalue weighted by Crippen LogP contribution is 2.42. The smallest absolute Gasteiger partial charge is 0.303 e. The summed E-state index contributed by atoms with van der Waals surface area (Å²) >= 11 is 0. The average molecular weight is 358 g/mol. The van der Waals surface area contributed by atoms with Gasteiger partial charge in [-0.15, -0.1) is 0 Å². The van der Waals surface area contributed by atoms with E-state index in [0.717, 1.165) is 44.9 Å². The van der Waals surface area contributed by atoms with Gasteiger partial charge in [-0.05, 0) is 49.3 Å². The molecule has 0 spiro atoms. The van der Waals surface area contributed by atoms with E-state index in [1.165, 1.54) is 0 Å². The monoisotopic (exact) mass is 358 g/mol. The zero-order chi connectivity index (χ0) is 18.6. The van der Waals surface area contributed by atoms with Crippen LogP contribution in [0.4, 0.5) is 11.4 Å². The summed E-state index contributed by atoms with van der Waals surface area (Å²) in [6, 6.07) is 7.09. The topological polar surface area (TPSA) is 95.5 Å². The van der Waals surface area contributed by atoms with Crippen LogP contribution in [0.1, 0.15) is 57.8 Å². The highest BCUT2D eigenvalue weighted by molar-refractivity contribution is 5.96. The summed E-state index contributed by atoms with van der Waals surface area (Å²) < 4.78 is 0. The van der Waals surface area contributed by atoms with Crippen LogP contribution in [-0.4, -0.2) is 22.9 Å². The SMILES string of the molecule is O=C(O)CC1(CC(=O)Nc2cccc(NC(=O)C3CC3)c2)CCCCC1. The molecule has 2 fully saturated rings. The Morgan fingerprint density at radius 3 is 2.27 bits per heavy atom. The van der Waals surface area contributed by atoms with Crippen molar-refractivity contribution >= 4 is 29.2 Å². The Balaban J connectivity index is 1.61. The molecule has 6 nitrogen and oxygen atoms in total. The molecule has 3 N–H and O–H groups in total. The van der Waals surface area contributed by atoms with Crippen molar-refractivity contribution < 1.29 is 19.5 Å². The van der Waals surface area contributed by atoms with Crippen LogP contribution < -0.4 is 10.6 Å². The predicted molar refractivity (Wildman–Crippen MR) is 98.8 cm³/mol. The number of anilines is 2. The van der Waals surface area contributed by atoms with E-state index >= 15 is 0 Å². The lowest BCUT2D eigenvalue weighted by molar-refractivity contribution is -0.141. The summed E-state index contributed by atoms with van der Waals surface area (Å²) in [6.07, 6.45) is 6.75. The van der Waals surface area contributed by atoms with Crippen LogP contribution >= 0.6 is 0 Å². The van der Waals surface area contributed by atoms with Crippen LogP contribution in [0.5, 0.6) is 0 Å². The molecule has 6 heteroatoms. The Morgan fingerprint density at radius 1 is 1.00 bits per heavy atom. The first-order chi connectivity index (χ1) is 12.5. The van der Waals surface area contributed by atoms with E-state index in [1.54, 1.807) is 24.3 Å². The second-order valence-electron chi connectivity index (χ2n) is 7.70. The van der Waals surface area contributed by atoms with Crippen molar-refractivity contribution in [2.45, 2.75) is 57.8 Å². The molecule has 0 saturated heterocycles. The number of carbonyl (C=O) groups is 3. The summed E-state index contributed by atoms with van der Waals surface area (Å²) in [5.41, 5.74) is 0.842. The minimum Gasteiger partial charge on any atom is -0.481 e. The molecule has 1 aromatic carbocycles. The van der Waals surface area contributed by atoms with Gasteiger partial charge < -0.3 is 15.7 Å². The molecule has 2 amide bonds. The molecule has 2 aliphatic rings. The van der Waals surface area contributed by atoms with E-state index in [9.17, 15) is 19.5 Å². The van der Waals surface area contributed by atoms with Crippen molar-refractivity contribution in [1.82, 2.24) is 0 Å². The zero-order valence-corrected chi connectivity index (χ0v) is 14.9. The minimum absolute atomic E-state index is 0.0242. The number of carboxylic acids is 1. The summed E-state index contributed by atoms with van der Waals surface area (Å²) in [5.74, 6) is -0.866. The van der Waals surface area contributed by atoms with Gasteiger partial charge in [-0.2, -0.15) is 0 Å². The van der Waals surface area contributed by atoms with Crippen LogP contribution in [0.3, 0.4) is 0 Å². The van der Waals surface area contributed by atoms with Gasteiger partial charge in [0.25, 0.3) is 0 Å². The molecule has 2 aliphatic carbocycles. The maximum absolute atomic E-state index is 12.5. The van der Waals surface area contributed by atoms with Gasteiger partial charge >= 0.3 is 5.97 Å². The normalized spacial score (nSPS) is 18.8. The number of hydrogen-bond acceptors (Lipinski definition) is 3. The van der Waals surface area contributed by atoms with Crippen LogP contribution in [-0.2, 0) is 14.4 Å². The van der Waals surface area contributed by atoms with Gasteiger partial charge in [-0.3, -0.25) is 14.4 Å². The molecule has 3 rings (SSSR count). The van der Waals surface area contributed by atoms with Gasteiger partial charge in [-0.25, -0.2) is 0 Å². The summed E-state index contributed by atoms with van der Waals surface area (Å²) in [6.45, 7) is 0. The summed E-state index contributed by atoms with van der Waals surface area (Å²) in [7, 11) is 0. The van der Waals surface area contributed by atoms with E-state index in [1.807, 2.05) is 0 Å². The van der Waals surface area contributed by atoms with Crippen molar-refractivity contribution in [1.29, 1.82) is 0 Å². The first-order valence-corrected chi connectivity index (χ1v) is 9.38. The molecule has 26 heavy (non-hydrogen) atoms. The number of benzene rings is 1. The number of amides is 2.